The molecular weight excluding hydrogens is 232 g/mol. The highest BCUT2D eigenvalue weighted by atomic mass is 16.5. The van der Waals surface area contributed by atoms with E-state index in [4.69, 9.17) is 15.9 Å². The second-order valence-corrected chi connectivity index (χ2v) is 3.62. The van der Waals surface area contributed by atoms with E-state index >= 15 is 0 Å². The van der Waals surface area contributed by atoms with Crippen LogP contribution in [0.4, 0.5) is 0 Å². The van der Waals surface area contributed by atoms with Crippen LogP contribution >= 0.6 is 0 Å². The van der Waals surface area contributed by atoms with Gasteiger partial charge in [0.1, 0.15) is 11.7 Å². The molecule has 0 radical (unpaired) electrons. The second kappa shape index (κ2) is 4.82. The highest BCUT2D eigenvalue weighted by Crippen LogP contribution is 2.15. The quantitative estimate of drug-likeness (QED) is 0.609. The van der Waals surface area contributed by atoms with Crippen LogP contribution in [-0.4, -0.2) is 32.2 Å². The zero-order valence-electron chi connectivity index (χ0n) is 10.2. The van der Waals surface area contributed by atoms with E-state index in [0.717, 1.165) is 0 Å². The fourth-order valence-corrected chi connectivity index (χ4v) is 1.49. The SMILES string of the molecule is CCOc1cnn(-c2nc(C)ncc2C(=N)N)c1. The monoisotopic (exact) mass is 246 g/mol. The van der Waals surface area contributed by atoms with Gasteiger partial charge in [-0.3, -0.25) is 5.41 Å². The summed E-state index contributed by atoms with van der Waals surface area (Å²) >= 11 is 0. The Morgan fingerprint density at radius 2 is 2.28 bits per heavy atom. The van der Waals surface area contributed by atoms with Crippen LogP contribution in [0.1, 0.15) is 18.3 Å². The average Bonchev–Trinajstić information content (AvgIpc) is 2.77. The molecule has 2 heterocycles. The van der Waals surface area contributed by atoms with Crippen molar-refractivity contribution in [3.63, 3.8) is 0 Å². The number of hydrogen-bond donors (Lipinski definition) is 2. The molecule has 2 rings (SSSR count). The summed E-state index contributed by atoms with van der Waals surface area (Å²) in [4.78, 5) is 8.28. The van der Waals surface area contributed by atoms with Crippen molar-refractivity contribution in [2.24, 2.45) is 5.73 Å². The van der Waals surface area contributed by atoms with Crippen molar-refractivity contribution in [2.75, 3.05) is 6.61 Å². The van der Waals surface area contributed by atoms with Gasteiger partial charge in [0.05, 0.1) is 24.6 Å². The first kappa shape index (κ1) is 12.0. The number of nitrogens with two attached hydrogens (primary N) is 1. The molecule has 0 aliphatic heterocycles. The van der Waals surface area contributed by atoms with E-state index in [9.17, 15) is 0 Å². The van der Waals surface area contributed by atoms with E-state index in [2.05, 4.69) is 15.1 Å². The number of nitrogen functional groups attached to an aromatic ring is 1. The van der Waals surface area contributed by atoms with Crippen LogP contribution in [0.5, 0.6) is 5.75 Å². The summed E-state index contributed by atoms with van der Waals surface area (Å²) in [6, 6.07) is 0. The largest absolute Gasteiger partial charge is 0.491 e. The number of nitrogens with zero attached hydrogens (tertiary/aromatic N) is 4. The van der Waals surface area contributed by atoms with E-state index in [1.807, 2.05) is 6.92 Å². The molecule has 3 N–H and O–H groups in total. The van der Waals surface area contributed by atoms with E-state index in [-0.39, 0.29) is 5.84 Å². The summed E-state index contributed by atoms with van der Waals surface area (Å²) < 4.78 is 6.85. The van der Waals surface area contributed by atoms with Gasteiger partial charge in [0.25, 0.3) is 0 Å². The van der Waals surface area contributed by atoms with Gasteiger partial charge in [-0.15, -0.1) is 0 Å². The smallest absolute Gasteiger partial charge is 0.168 e. The molecule has 0 amide bonds. The fourth-order valence-electron chi connectivity index (χ4n) is 1.49. The van der Waals surface area contributed by atoms with Gasteiger partial charge >= 0.3 is 0 Å². The van der Waals surface area contributed by atoms with Crippen LogP contribution in [0.15, 0.2) is 18.6 Å². The summed E-state index contributed by atoms with van der Waals surface area (Å²) in [5.41, 5.74) is 5.94. The highest BCUT2D eigenvalue weighted by molar-refractivity contribution is 5.97. The molecule has 0 aromatic carbocycles. The predicted molar refractivity (Wildman–Crippen MR) is 66.1 cm³/mol. The molecular formula is C11H14N6O. The molecule has 7 nitrogen and oxygen atoms in total. The first-order chi connectivity index (χ1) is 8.61. The maximum atomic E-state index is 7.51. The Morgan fingerprint density at radius 3 is 2.94 bits per heavy atom. The minimum atomic E-state index is -0.0986. The average molecular weight is 246 g/mol. The molecule has 18 heavy (non-hydrogen) atoms. The summed E-state index contributed by atoms with van der Waals surface area (Å²) in [7, 11) is 0. The third kappa shape index (κ3) is 2.29. The van der Waals surface area contributed by atoms with Gasteiger partial charge in [-0.05, 0) is 13.8 Å². The molecule has 2 aromatic heterocycles. The molecule has 0 spiro atoms. The Balaban J connectivity index is 2.47. The van der Waals surface area contributed by atoms with E-state index in [0.29, 0.717) is 29.6 Å². The van der Waals surface area contributed by atoms with Gasteiger partial charge in [0.2, 0.25) is 0 Å². The van der Waals surface area contributed by atoms with Gasteiger partial charge in [0.15, 0.2) is 11.6 Å². The minimum absolute atomic E-state index is 0.0986. The van der Waals surface area contributed by atoms with Crippen LogP contribution in [0.3, 0.4) is 0 Å². The number of aromatic nitrogens is 4. The Hall–Kier alpha value is -2.44. The third-order valence-electron chi connectivity index (χ3n) is 2.27. The van der Waals surface area contributed by atoms with Gasteiger partial charge in [-0.25, -0.2) is 14.6 Å². The fraction of sp³-hybridized carbons (Fsp3) is 0.273. The number of nitrogens with one attached hydrogen (secondary N) is 1. The first-order valence-corrected chi connectivity index (χ1v) is 5.47. The van der Waals surface area contributed by atoms with Crippen LogP contribution in [0, 0.1) is 12.3 Å². The Kier molecular flexibility index (Phi) is 3.22. The lowest BCUT2D eigenvalue weighted by molar-refractivity contribution is 0.340. The molecule has 2 aromatic rings. The van der Waals surface area contributed by atoms with Gasteiger partial charge < -0.3 is 10.5 Å². The minimum Gasteiger partial charge on any atom is -0.491 e. The zero-order valence-corrected chi connectivity index (χ0v) is 10.2. The lowest BCUT2D eigenvalue weighted by Gasteiger charge is -2.07. The number of amidine groups is 1. The van der Waals surface area contributed by atoms with Crippen LogP contribution < -0.4 is 10.5 Å². The number of rotatable bonds is 4. The Labute approximate surface area is 104 Å². The summed E-state index contributed by atoms with van der Waals surface area (Å²) in [6.45, 7) is 4.22. The zero-order chi connectivity index (χ0) is 13.1. The molecule has 0 aliphatic rings. The second-order valence-electron chi connectivity index (χ2n) is 3.62. The van der Waals surface area contributed by atoms with Crippen molar-refractivity contribution >= 4 is 5.84 Å². The molecule has 0 saturated carbocycles. The number of ether oxygens (including phenoxy) is 1. The molecule has 0 bridgehead atoms. The summed E-state index contributed by atoms with van der Waals surface area (Å²) in [6.07, 6.45) is 4.80. The molecule has 0 fully saturated rings. The maximum Gasteiger partial charge on any atom is 0.168 e. The van der Waals surface area contributed by atoms with E-state index in [1.165, 1.54) is 10.9 Å². The highest BCUT2D eigenvalue weighted by Gasteiger charge is 2.12. The van der Waals surface area contributed by atoms with Crippen molar-refractivity contribution in [3.8, 4) is 11.6 Å². The topological polar surface area (TPSA) is 103 Å². The van der Waals surface area contributed by atoms with E-state index in [1.54, 1.807) is 19.3 Å². The molecule has 0 atom stereocenters. The van der Waals surface area contributed by atoms with Crippen molar-refractivity contribution in [3.05, 3.63) is 30.0 Å². The van der Waals surface area contributed by atoms with Crippen LogP contribution in [-0.2, 0) is 0 Å². The lowest BCUT2D eigenvalue weighted by Crippen LogP contribution is -2.17. The molecule has 7 heteroatoms. The number of aryl methyl sites for hydroxylation is 1. The molecule has 0 unspecified atom stereocenters. The maximum absolute atomic E-state index is 7.51. The molecule has 0 saturated heterocycles. The predicted octanol–water partition coefficient (Wildman–Crippen LogP) is 0.653. The summed E-state index contributed by atoms with van der Waals surface area (Å²) in [5.74, 6) is 1.60. The van der Waals surface area contributed by atoms with Crippen LogP contribution in [0.2, 0.25) is 0 Å². The van der Waals surface area contributed by atoms with Crippen molar-refractivity contribution in [2.45, 2.75) is 13.8 Å². The third-order valence-corrected chi connectivity index (χ3v) is 2.27. The Morgan fingerprint density at radius 1 is 1.50 bits per heavy atom. The van der Waals surface area contributed by atoms with Crippen molar-refractivity contribution < 1.29 is 4.74 Å². The van der Waals surface area contributed by atoms with Gasteiger partial charge in [0, 0.05) is 6.20 Å². The van der Waals surface area contributed by atoms with Crippen molar-refractivity contribution in [1.29, 1.82) is 5.41 Å². The number of hydrogen-bond acceptors (Lipinski definition) is 5. The normalized spacial score (nSPS) is 10.3. The standard InChI is InChI=1S/C11H14N6O/c1-3-18-8-4-15-17(6-8)11-9(10(12)13)5-14-7(2)16-11/h4-6H,3H2,1-2H3,(H3,12,13). The van der Waals surface area contributed by atoms with Crippen molar-refractivity contribution in [1.82, 2.24) is 19.7 Å². The van der Waals surface area contributed by atoms with Crippen LogP contribution in [0.25, 0.3) is 5.82 Å². The van der Waals surface area contributed by atoms with Gasteiger partial charge in [-0.2, -0.15) is 5.10 Å². The van der Waals surface area contributed by atoms with E-state index < -0.39 is 0 Å². The van der Waals surface area contributed by atoms with Gasteiger partial charge in [-0.1, -0.05) is 0 Å². The molecule has 0 aliphatic carbocycles. The Bertz CT molecular complexity index is 577. The summed E-state index contributed by atoms with van der Waals surface area (Å²) in [5, 5.41) is 11.6. The molecule has 94 valence electrons. The lowest BCUT2D eigenvalue weighted by atomic mass is 10.3. The first-order valence-electron chi connectivity index (χ1n) is 5.47.